The van der Waals surface area contributed by atoms with Crippen LogP contribution in [-0.2, 0) is 6.42 Å². The zero-order chi connectivity index (χ0) is 13.9. The molecule has 1 aliphatic rings. The van der Waals surface area contributed by atoms with E-state index in [1.54, 1.807) is 11.3 Å². The fourth-order valence-electron chi connectivity index (χ4n) is 2.39. The van der Waals surface area contributed by atoms with Crippen molar-refractivity contribution in [1.82, 2.24) is 4.90 Å². The number of hydrogen-bond acceptors (Lipinski definition) is 3. The maximum atomic E-state index is 12.7. The van der Waals surface area contributed by atoms with Crippen LogP contribution in [0.4, 0.5) is 0 Å². The van der Waals surface area contributed by atoms with E-state index in [1.807, 2.05) is 28.8 Å². The molecule has 3 rings (SSSR count). The van der Waals surface area contributed by atoms with E-state index >= 15 is 0 Å². The highest BCUT2D eigenvalue weighted by Gasteiger charge is 2.31. The Morgan fingerprint density at radius 2 is 2.10 bits per heavy atom. The Bertz CT molecular complexity index is 577. The van der Waals surface area contributed by atoms with Crippen LogP contribution in [-0.4, -0.2) is 23.1 Å². The van der Waals surface area contributed by atoms with Gasteiger partial charge in [-0.05, 0) is 35.6 Å². The molecule has 2 aromatic rings. The van der Waals surface area contributed by atoms with Crippen molar-refractivity contribution in [1.29, 1.82) is 0 Å². The van der Waals surface area contributed by atoms with Gasteiger partial charge in [0.05, 0.1) is 0 Å². The number of rotatable bonds is 3. The molecule has 0 saturated carbocycles. The molecule has 1 atom stereocenters. The summed E-state index contributed by atoms with van der Waals surface area (Å²) in [4.78, 5) is 15.9. The molecule has 20 heavy (non-hydrogen) atoms. The van der Waals surface area contributed by atoms with Gasteiger partial charge in [-0.15, -0.1) is 23.1 Å². The smallest absolute Gasteiger partial charge is 0.255 e. The van der Waals surface area contributed by atoms with Gasteiger partial charge in [0.2, 0.25) is 0 Å². The van der Waals surface area contributed by atoms with Crippen molar-refractivity contribution in [2.45, 2.75) is 18.7 Å². The molecule has 2 heterocycles. The van der Waals surface area contributed by atoms with Gasteiger partial charge in [0.25, 0.3) is 5.91 Å². The highest BCUT2D eigenvalue weighted by molar-refractivity contribution is 7.99. The van der Waals surface area contributed by atoms with Gasteiger partial charge in [-0.2, -0.15) is 0 Å². The normalized spacial score (nSPS) is 18.4. The molecule has 1 aromatic carbocycles. The third-order valence-electron chi connectivity index (χ3n) is 3.55. The summed E-state index contributed by atoms with van der Waals surface area (Å²) in [5.74, 6) is 1.16. The van der Waals surface area contributed by atoms with Crippen molar-refractivity contribution in [3.63, 3.8) is 0 Å². The van der Waals surface area contributed by atoms with Gasteiger partial charge in [0, 0.05) is 22.7 Å². The molecule has 0 spiro atoms. The summed E-state index contributed by atoms with van der Waals surface area (Å²) in [6.07, 6.45) is 1.01. The molecule has 1 amide bonds. The van der Waals surface area contributed by atoms with Crippen molar-refractivity contribution < 1.29 is 4.79 Å². The maximum Gasteiger partial charge on any atom is 0.255 e. The fraction of sp³-hybridized carbons (Fsp3) is 0.312. The molecular weight excluding hydrogens is 286 g/mol. The minimum atomic E-state index is 0.149. The van der Waals surface area contributed by atoms with E-state index < -0.39 is 0 Å². The van der Waals surface area contributed by atoms with Gasteiger partial charge in [0.1, 0.15) is 5.37 Å². The highest BCUT2D eigenvalue weighted by atomic mass is 32.2. The van der Waals surface area contributed by atoms with Gasteiger partial charge in [-0.3, -0.25) is 4.79 Å². The number of carbonyl (C=O) groups is 1. The second-order valence-electron chi connectivity index (χ2n) is 4.79. The van der Waals surface area contributed by atoms with Crippen molar-refractivity contribution in [3.8, 4) is 0 Å². The third-order valence-corrected chi connectivity index (χ3v) is 5.86. The predicted molar refractivity (Wildman–Crippen MR) is 86.4 cm³/mol. The molecule has 0 bridgehead atoms. The first-order valence-electron chi connectivity index (χ1n) is 6.84. The van der Waals surface area contributed by atoms with E-state index in [2.05, 4.69) is 36.6 Å². The van der Waals surface area contributed by atoms with Gasteiger partial charge >= 0.3 is 0 Å². The quantitative estimate of drug-likeness (QED) is 0.847. The number of nitrogens with zero attached hydrogens (tertiary/aromatic N) is 1. The van der Waals surface area contributed by atoms with Crippen LogP contribution in [0.2, 0.25) is 0 Å². The Balaban J connectivity index is 1.81. The molecule has 0 aliphatic carbocycles. The van der Waals surface area contributed by atoms with Gasteiger partial charge in [-0.25, -0.2) is 0 Å². The van der Waals surface area contributed by atoms with Crippen LogP contribution in [0.25, 0.3) is 0 Å². The molecule has 104 valence electrons. The minimum absolute atomic E-state index is 0.149. The SMILES string of the molecule is CCc1ccc(C(=O)N2CCSC2c2cccs2)cc1. The first-order chi connectivity index (χ1) is 9.79. The van der Waals surface area contributed by atoms with Crippen LogP contribution >= 0.6 is 23.1 Å². The summed E-state index contributed by atoms with van der Waals surface area (Å²) < 4.78 is 0. The molecule has 1 fully saturated rings. The summed E-state index contributed by atoms with van der Waals surface area (Å²) in [6, 6.07) is 12.2. The second-order valence-corrected chi connectivity index (χ2v) is 6.95. The first kappa shape index (κ1) is 13.7. The Labute approximate surface area is 127 Å². The van der Waals surface area contributed by atoms with Crippen LogP contribution in [0.3, 0.4) is 0 Å². The average Bonchev–Trinajstić information content (AvgIpc) is 3.16. The monoisotopic (exact) mass is 303 g/mol. The van der Waals surface area contributed by atoms with E-state index in [0.29, 0.717) is 0 Å². The lowest BCUT2D eigenvalue weighted by Gasteiger charge is -2.23. The summed E-state index contributed by atoms with van der Waals surface area (Å²) in [5, 5.41) is 2.26. The third kappa shape index (κ3) is 2.63. The maximum absolute atomic E-state index is 12.7. The minimum Gasteiger partial charge on any atom is -0.321 e. The molecule has 2 nitrogen and oxygen atoms in total. The summed E-state index contributed by atoms with van der Waals surface area (Å²) in [5.41, 5.74) is 2.07. The Morgan fingerprint density at radius 3 is 2.75 bits per heavy atom. The van der Waals surface area contributed by atoms with Crippen LogP contribution < -0.4 is 0 Å². The summed E-state index contributed by atoms with van der Waals surface area (Å²) >= 11 is 3.58. The Hall–Kier alpha value is -1.26. The topological polar surface area (TPSA) is 20.3 Å². The van der Waals surface area contributed by atoms with E-state index in [-0.39, 0.29) is 11.3 Å². The van der Waals surface area contributed by atoms with Gasteiger partial charge in [0.15, 0.2) is 0 Å². The molecule has 0 N–H and O–H groups in total. The van der Waals surface area contributed by atoms with E-state index in [4.69, 9.17) is 0 Å². The van der Waals surface area contributed by atoms with Crippen molar-refractivity contribution >= 4 is 29.0 Å². The number of thioether (sulfide) groups is 1. The second kappa shape index (κ2) is 6.02. The molecular formula is C16H17NOS2. The number of amides is 1. The molecule has 0 radical (unpaired) electrons. The molecule has 1 saturated heterocycles. The van der Waals surface area contributed by atoms with Crippen LogP contribution in [0, 0.1) is 0 Å². The van der Waals surface area contributed by atoms with Crippen LogP contribution in [0.15, 0.2) is 41.8 Å². The van der Waals surface area contributed by atoms with E-state index in [0.717, 1.165) is 24.3 Å². The Kier molecular flexibility index (Phi) is 4.13. The first-order valence-corrected chi connectivity index (χ1v) is 8.77. The van der Waals surface area contributed by atoms with Crippen LogP contribution in [0.5, 0.6) is 0 Å². The molecule has 4 heteroatoms. The van der Waals surface area contributed by atoms with Crippen molar-refractivity contribution in [3.05, 3.63) is 57.8 Å². The van der Waals surface area contributed by atoms with Gasteiger partial charge < -0.3 is 4.90 Å². The number of thiophene rings is 1. The van der Waals surface area contributed by atoms with Crippen molar-refractivity contribution in [2.24, 2.45) is 0 Å². The highest BCUT2D eigenvalue weighted by Crippen LogP contribution is 2.40. The zero-order valence-corrected chi connectivity index (χ0v) is 13.0. The van der Waals surface area contributed by atoms with Crippen LogP contribution in [0.1, 0.15) is 33.1 Å². The Morgan fingerprint density at radius 1 is 1.30 bits per heavy atom. The molecule has 1 aromatic heterocycles. The van der Waals surface area contributed by atoms with E-state index in [9.17, 15) is 4.79 Å². The number of aryl methyl sites for hydroxylation is 1. The largest absolute Gasteiger partial charge is 0.321 e. The summed E-state index contributed by atoms with van der Waals surface area (Å²) in [6.45, 7) is 2.96. The lowest BCUT2D eigenvalue weighted by Crippen LogP contribution is -2.30. The summed E-state index contributed by atoms with van der Waals surface area (Å²) in [7, 11) is 0. The van der Waals surface area contributed by atoms with E-state index in [1.165, 1.54) is 10.4 Å². The number of hydrogen-bond donors (Lipinski definition) is 0. The van der Waals surface area contributed by atoms with Crippen molar-refractivity contribution in [2.75, 3.05) is 12.3 Å². The number of carbonyl (C=O) groups excluding carboxylic acids is 1. The lowest BCUT2D eigenvalue weighted by molar-refractivity contribution is 0.0762. The number of benzene rings is 1. The fourth-order valence-corrected chi connectivity index (χ4v) is 4.63. The van der Waals surface area contributed by atoms with Gasteiger partial charge in [-0.1, -0.05) is 25.1 Å². The lowest BCUT2D eigenvalue weighted by atomic mass is 10.1. The predicted octanol–water partition coefficient (Wildman–Crippen LogP) is 4.20. The zero-order valence-electron chi connectivity index (χ0n) is 11.4. The molecule has 1 unspecified atom stereocenters. The average molecular weight is 303 g/mol. The molecule has 1 aliphatic heterocycles. The standard InChI is InChI=1S/C16H17NOS2/c1-2-12-5-7-13(8-6-12)15(18)17-9-11-20-16(17)14-4-3-10-19-14/h3-8,10,16H,2,9,11H2,1H3.